The SMILES string of the molecule is CC[C@H]1CCC(=O)N1C1CCN(C2CCC3(C2)CN(C(=O)O)C3)CC1. The highest BCUT2D eigenvalue weighted by Crippen LogP contribution is 2.47. The lowest BCUT2D eigenvalue weighted by Crippen LogP contribution is -2.57. The fourth-order valence-electron chi connectivity index (χ4n) is 5.87. The molecule has 0 bridgehead atoms. The molecule has 1 saturated carbocycles. The summed E-state index contributed by atoms with van der Waals surface area (Å²) in [5.74, 6) is 0.369. The summed E-state index contributed by atoms with van der Waals surface area (Å²) >= 11 is 0. The van der Waals surface area contributed by atoms with Crippen molar-refractivity contribution < 1.29 is 14.7 Å². The number of amides is 2. The van der Waals surface area contributed by atoms with E-state index in [0.717, 1.165) is 64.7 Å². The van der Waals surface area contributed by atoms with Crippen LogP contribution in [0.3, 0.4) is 0 Å². The normalized spacial score (nSPS) is 33.2. The molecular formula is C19H31N3O3. The van der Waals surface area contributed by atoms with Crippen molar-refractivity contribution in [1.29, 1.82) is 0 Å². The molecule has 25 heavy (non-hydrogen) atoms. The van der Waals surface area contributed by atoms with Crippen molar-refractivity contribution in [3.8, 4) is 0 Å². The van der Waals surface area contributed by atoms with Crippen LogP contribution in [0.4, 0.5) is 4.79 Å². The van der Waals surface area contributed by atoms with Gasteiger partial charge in [-0.3, -0.25) is 4.79 Å². The first-order valence-corrected chi connectivity index (χ1v) is 10.0. The van der Waals surface area contributed by atoms with Gasteiger partial charge in [0.05, 0.1) is 0 Å². The number of carboxylic acid groups (broad SMARTS) is 1. The Kier molecular flexibility index (Phi) is 4.42. The van der Waals surface area contributed by atoms with E-state index < -0.39 is 6.09 Å². The number of rotatable bonds is 3. The van der Waals surface area contributed by atoms with Gasteiger partial charge >= 0.3 is 6.09 Å². The second kappa shape index (κ2) is 6.45. The number of carbonyl (C=O) groups is 2. The maximum absolute atomic E-state index is 12.3. The van der Waals surface area contributed by atoms with Gasteiger partial charge in [0.15, 0.2) is 0 Å². The molecule has 2 atom stereocenters. The topological polar surface area (TPSA) is 64.1 Å². The second-order valence-electron chi connectivity index (χ2n) is 8.70. The van der Waals surface area contributed by atoms with Gasteiger partial charge < -0.3 is 19.8 Å². The van der Waals surface area contributed by atoms with E-state index in [0.29, 0.717) is 24.0 Å². The first kappa shape index (κ1) is 17.1. The van der Waals surface area contributed by atoms with Crippen LogP contribution in [-0.4, -0.2) is 76.1 Å². The molecule has 1 unspecified atom stereocenters. The van der Waals surface area contributed by atoms with Crippen LogP contribution in [0.1, 0.15) is 58.3 Å². The van der Waals surface area contributed by atoms with Crippen LogP contribution in [0.5, 0.6) is 0 Å². The number of nitrogens with zero attached hydrogens (tertiary/aromatic N) is 3. The van der Waals surface area contributed by atoms with Crippen LogP contribution < -0.4 is 0 Å². The number of carbonyl (C=O) groups excluding carboxylic acids is 1. The smallest absolute Gasteiger partial charge is 0.407 e. The van der Waals surface area contributed by atoms with E-state index in [1.807, 2.05) is 0 Å². The van der Waals surface area contributed by atoms with E-state index >= 15 is 0 Å². The zero-order valence-corrected chi connectivity index (χ0v) is 15.3. The van der Waals surface area contributed by atoms with Gasteiger partial charge in [0.1, 0.15) is 0 Å². The van der Waals surface area contributed by atoms with Crippen LogP contribution in [-0.2, 0) is 4.79 Å². The van der Waals surface area contributed by atoms with Gasteiger partial charge in [-0.1, -0.05) is 6.92 Å². The highest BCUT2D eigenvalue weighted by molar-refractivity contribution is 5.79. The third-order valence-electron chi connectivity index (χ3n) is 7.25. The minimum atomic E-state index is -0.768. The maximum atomic E-state index is 12.3. The third-order valence-corrected chi connectivity index (χ3v) is 7.25. The number of piperidine rings is 1. The molecule has 2 amide bonds. The Balaban J connectivity index is 1.28. The van der Waals surface area contributed by atoms with Crippen molar-refractivity contribution in [3.05, 3.63) is 0 Å². The van der Waals surface area contributed by atoms with Crippen molar-refractivity contribution in [2.24, 2.45) is 5.41 Å². The molecular weight excluding hydrogens is 318 g/mol. The van der Waals surface area contributed by atoms with Gasteiger partial charge in [-0.25, -0.2) is 4.79 Å². The summed E-state index contributed by atoms with van der Waals surface area (Å²) in [7, 11) is 0. The average molecular weight is 349 g/mol. The minimum absolute atomic E-state index is 0.262. The quantitative estimate of drug-likeness (QED) is 0.850. The zero-order chi connectivity index (χ0) is 17.6. The second-order valence-corrected chi connectivity index (χ2v) is 8.70. The predicted molar refractivity (Wildman–Crippen MR) is 94.4 cm³/mol. The van der Waals surface area contributed by atoms with Crippen molar-refractivity contribution in [1.82, 2.24) is 14.7 Å². The summed E-state index contributed by atoms with van der Waals surface area (Å²) < 4.78 is 0. The Hall–Kier alpha value is -1.30. The number of likely N-dealkylation sites (tertiary alicyclic amines) is 3. The van der Waals surface area contributed by atoms with E-state index in [2.05, 4.69) is 16.7 Å². The molecule has 0 aromatic heterocycles. The zero-order valence-electron chi connectivity index (χ0n) is 15.3. The Morgan fingerprint density at radius 1 is 1.16 bits per heavy atom. The molecule has 4 fully saturated rings. The van der Waals surface area contributed by atoms with Gasteiger partial charge in [0.2, 0.25) is 5.91 Å². The standard InChI is InChI=1S/C19H31N3O3/c1-2-14-3-4-17(23)22(14)15-6-9-20(10-7-15)16-5-8-19(11-16)12-21(13-19)18(24)25/h14-16H,2-13H2,1H3,(H,24,25)/t14-,16?/m0/s1. The fraction of sp³-hybridized carbons (Fsp3) is 0.895. The molecule has 0 aromatic rings. The summed E-state index contributed by atoms with van der Waals surface area (Å²) in [4.78, 5) is 29.7. The monoisotopic (exact) mass is 349 g/mol. The minimum Gasteiger partial charge on any atom is -0.465 e. The molecule has 0 aromatic carbocycles. The van der Waals surface area contributed by atoms with Crippen LogP contribution in [0.15, 0.2) is 0 Å². The van der Waals surface area contributed by atoms with Crippen molar-refractivity contribution >= 4 is 12.0 Å². The van der Waals surface area contributed by atoms with E-state index in [1.54, 1.807) is 4.90 Å². The summed E-state index contributed by atoms with van der Waals surface area (Å²) in [6.45, 7) is 5.84. The summed E-state index contributed by atoms with van der Waals surface area (Å²) in [5.41, 5.74) is 0.262. The molecule has 140 valence electrons. The van der Waals surface area contributed by atoms with Gasteiger partial charge in [-0.05, 0) is 44.9 Å². The Bertz CT molecular complexity index is 538. The first-order chi connectivity index (χ1) is 12.0. The summed E-state index contributed by atoms with van der Waals surface area (Å²) in [6, 6.07) is 1.53. The van der Waals surface area contributed by atoms with Crippen molar-refractivity contribution in [2.45, 2.75) is 76.4 Å². The lowest BCUT2D eigenvalue weighted by Gasteiger charge is -2.47. The van der Waals surface area contributed by atoms with Crippen molar-refractivity contribution in [3.63, 3.8) is 0 Å². The Labute approximate surface area is 150 Å². The fourth-order valence-corrected chi connectivity index (χ4v) is 5.87. The molecule has 4 aliphatic rings. The lowest BCUT2D eigenvalue weighted by molar-refractivity contribution is -0.132. The van der Waals surface area contributed by atoms with E-state index in [-0.39, 0.29) is 5.41 Å². The molecule has 1 aliphatic carbocycles. The number of hydrogen-bond donors (Lipinski definition) is 1. The predicted octanol–water partition coefficient (Wildman–Crippen LogP) is 2.38. The largest absolute Gasteiger partial charge is 0.465 e. The van der Waals surface area contributed by atoms with Crippen LogP contribution >= 0.6 is 0 Å². The molecule has 6 nitrogen and oxygen atoms in total. The molecule has 3 saturated heterocycles. The number of hydrogen-bond acceptors (Lipinski definition) is 3. The van der Waals surface area contributed by atoms with E-state index in [9.17, 15) is 9.59 Å². The highest BCUT2D eigenvalue weighted by Gasteiger charge is 2.51. The van der Waals surface area contributed by atoms with Gasteiger partial charge in [0.25, 0.3) is 0 Å². The molecule has 6 heteroatoms. The third kappa shape index (κ3) is 3.03. The maximum Gasteiger partial charge on any atom is 0.407 e. The van der Waals surface area contributed by atoms with Crippen LogP contribution in [0, 0.1) is 5.41 Å². The van der Waals surface area contributed by atoms with Crippen LogP contribution in [0.2, 0.25) is 0 Å². The first-order valence-electron chi connectivity index (χ1n) is 10.0. The van der Waals surface area contributed by atoms with Gasteiger partial charge in [-0.15, -0.1) is 0 Å². The van der Waals surface area contributed by atoms with Crippen LogP contribution in [0.25, 0.3) is 0 Å². The molecule has 0 radical (unpaired) electrons. The van der Waals surface area contributed by atoms with Crippen molar-refractivity contribution in [2.75, 3.05) is 26.2 Å². The molecule has 4 rings (SSSR count). The summed E-state index contributed by atoms with van der Waals surface area (Å²) in [6.07, 6.45) is 7.84. The van der Waals surface area contributed by atoms with E-state index in [1.165, 1.54) is 12.8 Å². The Morgan fingerprint density at radius 3 is 2.52 bits per heavy atom. The Morgan fingerprint density at radius 2 is 1.88 bits per heavy atom. The lowest BCUT2D eigenvalue weighted by atomic mass is 9.78. The molecule has 3 aliphatic heterocycles. The molecule has 1 N–H and O–H groups in total. The molecule has 1 spiro atoms. The van der Waals surface area contributed by atoms with E-state index in [4.69, 9.17) is 5.11 Å². The highest BCUT2D eigenvalue weighted by atomic mass is 16.4. The molecule has 3 heterocycles. The van der Waals surface area contributed by atoms with Gasteiger partial charge in [0, 0.05) is 56.1 Å². The van der Waals surface area contributed by atoms with Gasteiger partial charge in [-0.2, -0.15) is 0 Å². The average Bonchev–Trinajstić information content (AvgIpc) is 3.17. The summed E-state index contributed by atoms with van der Waals surface area (Å²) in [5, 5.41) is 9.07.